The summed E-state index contributed by atoms with van der Waals surface area (Å²) in [7, 11) is 0. The molecule has 0 spiro atoms. The maximum absolute atomic E-state index is 13.2. The summed E-state index contributed by atoms with van der Waals surface area (Å²) in [5.41, 5.74) is 0.0591. The molecule has 1 aromatic heterocycles. The van der Waals surface area contributed by atoms with E-state index >= 15 is 0 Å². The first kappa shape index (κ1) is 12.1. The minimum atomic E-state index is -0.651. The van der Waals surface area contributed by atoms with Crippen LogP contribution < -0.4 is 5.32 Å². The average molecular weight is 250 g/mol. The second-order valence-electron chi connectivity index (χ2n) is 3.82. The van der Waals surface area contributed by atoms with Gasteiger partial charge in [-0.15, -0.1) is 0 Å². The zero-order valence-electron chi connectivity index (χ0n) is 9.64. The normalized spacial score (nSPS) is 10.3. The quantitative estimate of drug-likeness (QED) is 0.668. The summed E-state index contributed by atoms with van der Waals surface area (Å²) >= 11 is 0. The van der Waals surface area contributed by atoms with E-state index in [4.69, 9.17) is 4.42 Å². The summed E-state index contributed by atoms with van der Waals surface area (Å²) < 4.78 is 18.5. The minimum Gasteiger partial charge on any atom is -0.465 e. The molecule has 18 heavy (non-hydrogen) atoms. The number of halogens is 1. The molecule has 0 saturated heterocycles. The Hall–Kier alpha value is -2.37. The molecule has 0 bridgehead atoms. The van der Waals surface area contributed by atoms with Crippen LogP contribution in [-0.4, -0.2) is 4.92 Å². The summed E-state index contributed by atoms with van der Waals surface area (Å²) in [5, 5.41) is 13.4. The molecule has 5 nitrogen and oxygen atoms in total. The van der Waals surface area contributed by atoms with Crippen molar-refractivity contribution in [3.63, 3.8) is 0 Å². The lowest BCUT2D eigenvalue weighted by Gasteiger charge is -2.04. The van der Waals surface area contributed by atoms with Crippen LogP contribution in [0.2, 0.25) is 0 Å². The van der Waals surface area contributed by atoms with E-state index in [1.165, 1.54) is 12.1 Å². The van der Waals surface area contributed by atoms with Gasteiger partial charge in [-0.2, -0.15) is 0 Å². The molecule has 0 aliphatic carbocycles. The van der Waals surface area contributed by atoms with Crippen LogP contribution in [0.15, 0.2) is 34.7 Å². The van der Waals surface area contributed by atoms with Crippen LogP contribution in [0, 0.1) is 22.9 Å². The molecule has 0 aliphatic rings. The number of anilines is 1. The van der Waals surface area contributed by atoms with Crippen LogP contribution in [0.25, 0.3) is 0 Å². The van der Waals surface area contributed by atoms with Gasteiger partial charge >= 0.3 is 0 Å². The van der Waals surface area contributed by atoms with Crippen molar-refractivity contribution < 1.29 is 13.7 Å². The molecule has 2 aromatic rings. The van der Waals surface area contributed by atoms with Crippen molar-refractivity contribution in [2.75, 3.05) is 5.32 Å². The van der Waals surface area contributed by atoms with Gasteiger partial charge in [0.15, 0.2) is 0 Å². The van der Waals surface area contributed by atoms with Crippen LogP contribution >= 0.6 is 0 Å². The van der Waals surface area contributed by atoms with Gasteiger partial charge in [0.05, 0.1) is 17.5 Å². The third-order valence-electron chi connectivity index (χ3n) is 2.36. The van der Waals surface area contributed by atoms with Crippen molar-refractivity contribution in [2.45, 2.75) is 13.5 Å². The highest BCUT2D eigenvalue weighted by atomic mass is 19.1. The number of rotatable bonds is 4. The van der Waals surface area contributed by atoms with Crippen molar-refractivity contribution in [3.05, 3.63) is 57.8 Å². The lowest BCUT2D eigenvalue weighted by atomic mass is 10.2. The Morgan fingerprint density at radius 1 is 1.39 bits per heavy atom. The number of nitro groups is 1. The third-order valence-corrected chi connectivity index (χ3v) is 2.36. The maximum atomic E-state index is 13.2. The largest absolute Gasteiger partial charge is 0.465 e. The van der Waals surface area contributed by atoms with Gasteiger partial charge in [0, 0.05) is 11.8 Å². The van der Waals surface area contributed by atoms with Crippen LogP contribution in [-0.2, 0) is 6.54 Å². The van der Waals surface area contributed by atoms with Gasteiger partial charge in [0.2, 0.25) is 0 Å². The summed E-state index contributed by atoms with van der Waals surface area (Å²) in [5.74, 6) is 0.804. The second kappa shape index (κ2) is 4.87. The van der Waals surface area contributed by atoms with E-state index in [2.05, 4.69) is 5.32 Å². The minimum absolute atomic E-state index is 0.284. The molecule has 0 atom stereocenters. The van der Waals surface area contributed by atoms with Crippen LogP contribution in [0.5, 0.6) is 0 Å². The smallest absolute Gasteiger partial charge is 0.274 e. The molecule has 0 fully saturated rings. The number of nitrogens with zero attached hydrogens (tertiary/aromatic N) is 1. The number of nitrogens with one attached hydrogen (secondary N) is 1. The molecular weight excluding hydrogens is 239 g/mol. The summed E-state index contributed by atoms with van der Waals surface area (Å²) in [6.45, 7) is 2.16. The lowest BCUT2D eigenvalue weighted by Crippen LogP contribution is -2.00. The number of aryl methyl sites for hydroxylation is 1. The molecule has 1 aromatic carbocycles. The Morgan fingerprint density at radius 2 is 2.17 bits per heavy atom. The first-order valence-electron chi connectivity index (χ1n) is 5.29. The fourth-order valence-corrected chi connectivity index (χ4v) is 1.55. The highest BCUT2D eigenvalue weighted by Gasteiger charge is 2.09. The second-order valence-corrected chi connectivity index (χ2v) is 3.82. The zero-order valence-corrected chi connectivity index (χ0v) is 9.64. The van der Waals surface area contributed by atoms with Gasteiger partial charge in [-0.05, 0) is 25.1 Å². The molecule has 2 rings (SSSR count). The number of nitro benzene ring substituents is 1. The van der Waals surface area contributed by atoms with Crippen molar-refractivity contribution in [3.8, 4) is 0 Å². The van der Waals surface area contributed by atoms with Gasteiger partial charge in [0.1, 0.15) is 17.3 Å². The van der Waals surface area contributed by atoms with Gasteiger partial charge in [-0.1, -0.05) is 0 Å². The molecule has 6 heteroatoms. The Labute approximate surface area is 102 Å². The third kappa shape index (κ3) is 2.85. The number of non-ortho nitro benzene ring substituents is 1. The first-order valence-corrected chi connectivity index (χ1v) is 5.29. The predicted octanol–water partition coefficient (Wildman–Crippen LogP) is 3.25. The van der Waals surface area contributed by atoms with Crippen molar-refractivity contribution in [1.82, 2.24) is 0 Å². The van der Waals surface area contributed by atoms with Crippen LogP contribution in [0.3, 0.4) is 0 Å². The van der Waals surface area contributed by atoms with Crippen molar-refractivity contribution in [1.29, 1.82) is 0 Å². The molecule has 0 saturated carbocycles. The van der Waals surface area contributed by atoms with E-state index in [9.17, 15) is 14.5 Å². The van der Waals surface area contributed by atoms with E-state index < -0.39 is 10.7 Å². The predicted molar refractivity (Wildman–Crippen MR) is 63.8 cm³/mol. The Bertz CT molecular complexity index is 580. The van der Waals surface area contributed by atoms with E-state index in [0.29, 0.717) is 18.0 Å². The van der Waals surface area contributed by atoms with Gasteiger partial charge in [0.25, 0.3) is 5.69 Å². The lowest BCUT2D eigenvalue weighted by molar-refractivity contribution is -0.385. The highest BCUT2D eigenvalue weighted by Crippen LogP contribution is 2.20. The Balaban J connectivity index is 2.11. The van der Waals surface area contributed by atoms with Crippen LogP contribution in [0.1, 0.15) is 11.5 Å². The van der Waals surface area contributed by atoms with E-state index in [-0.39, 0.29) is 5.69 Å². The summed E-state index contributed by atoms with van der Waals surface area (Å²) in [6, 6.07) is 6.95. The Morgan fingerprint density at radius 3 is 2.78 bits per heavy atom. The van der Waals surface area contributed by atoms with E-state index in [0.717, 1.165) is 11.8 Å². The van der Waals surface area contributed by atoms with Crippen LogP contribution in [0.4, 0.5) is 15.8 Å². The van der Waals surface area contributed by atoms with Crippen molar-refractivity contribution >= 4 is 11.4 Å². The fraction of sp³-hybridized carbons (Fsp3) is 0.167. The van der Waals surface area contributed by atoms with E-state index in [1.807, 2.05) is 13.0 Å². The Kier molecular flexibility index (Phi) is 3.27. The van der Waals surface area contributed by atoms with Gasteiger partial charge in [-0.3, -0.25) is 10.1 Å². The molecule has 1 heterocycles. The SMILES string of the molecule is Cc1ccc(CNc2cc(F)cc([N+](=O)[O-])c2)o1. The maximum Gasteiger partial charge on any atom is 0.274 e. The standard InChI is InChI=1S/C12H11FN2O3/c1-8-2-3-12(18-8)7-14-10-4-9(13)5-11(6-10)15(16)17/h2-6,14H,7H2,1H3. The molecule has 0 amide bonds. The molecule has 0 aliphatic heterocycles. The number of furan rings is 1. The molecule has 0 radical (unpaired) electrons. The fourth-order valence-electron chi connectivity index (χ4n) is 1.55. The monoisotopic (exact) mass is 250 g/mol. The molecule has 0 unspecified atom stereocenters. The number of hydrogen-bond acceptors (Lipinski definition) is 4. The highest BCUT2D eigenvalue weighted by molar-refractivity contribution is 5.51. The van der Waals surface area contributed by atoms with Gasteiger partial charge < -0.3 is 9.73 Å². The molecule has 94 valence electrons. The van der Waals surface area contributed by atoms with E-state index in [1.54, 1.807) is 6.07 Å². The topological polar surface area (TPSA) is 68.3 Å². The summed E-state index contributed by atoms with van der Waals surface area (Å²) in [6.07, 6.45) is 0. The van der Waals surface area contributed by atoms with Gasteiger partial charge in [-0.25, -0.2) is 4.39 Å². The molecular formula is C12H11FN2O3. The van der Waals surface area contributed by atoms with Crippen molar-refractivity contribution in [2.24, 2.45) is 0 Å². The zero-order chi connectivity index (χ0) is 13.1. The average Bonchev–Trinajstić information content (AvgIpc) is 2.72. The first-order chi connectivity index (χ1) is 8.54. The molecule has 1 N–H and O–H groups in total. The summed E-state index contributed by atoms with van der Waals surface area (Å²) in [4.78, 5) is 9.94. The number of hydrogen-bond donors (Lipinski definition) is 1. The number of benzene rings is 1.